The van der Waals surface area contributed by atoms with Gasteiger partial charge in [-0.3, -0.25) is 0 Å². The van der Waals surface area contributed by atoms with Gasteiger partial charge in [0.1, 0.15) is 0 Å². The van der Waals surface area contributed by atoms with Gasteiger partial charge in [0.15, 0.2) is 0 Å². The third-order valence-electron chi connectivity index (χ3n) is 1.75. The molecule has 1 aromatic carbocycles. The predicted molar refractivity (Wildman–Crippen MR) is 41.1 cm³/mol. The molecule has 1 aromatic rings. The first-order valence-electron chi connectivity index (χ1n) is 3.78. The molecule has 0 aromatic heterocycles. The van der Waals surface area contributed by atoms with Crippen LogP contribution < -0.4 is 0 Å². The monoisotopic (exact) mass is 210 g/mol. The van der Waals surface area contributed by atoms with Crippen LogP contribution >= 0.6 is 0 Å². The number of hydrogen-bond donors (Lipinski definition) is 0. The van der Waals surface area contributed by atoms with E-state index >= 15 is 0 Å². The van der Waals surface area contributed by atoms with Gasteiger partial charge >= 0.3 is 6.18 Å². The average molecular weight is 210 g/mol. The first-order chi connectivity index (χ1) is 6.32. The van der Waals surface area contributed by atoms with Crippen molar-refractivity contribution in [1.29, 1.82) is 0 Å². The summed E-state index contributed by atoms with van der Waals surface area (Å²) in [4.78, 5) is 0. The largest absolute Gasteiger partial charge is 0.416 e. The second-order valence-electron chi connectivity index (χ2n) is 2.89. The molecule has 0 heterocycles. The van der Waals surface area contributed by atoms with Crippen molar-refractivity contribution in [2.24, 2.45) is 0 Å². The van der Waals surface area contributed by atoms with Crippen LogP contribution in [0.1, 0.15) is 23.1 Å². The molecule has 14 heavy (non-hydrogen) atoms. The van der Waals surface area contributed by atoms with Crippen molar-refractivity contribution in [2.45, 2.75) is 19.5 Å². The molecule has 0 aliphatic carbocycles. The van der Waals surface area contributed by atoms with E-state index in [9.17, 15) is 22.0 Å². The lowest BCUT2D eigenvalue weighted by Gasteiger charge is -2.12. The second-order valence-corrected chi connectivity index (χ2v) is 2.89. The highest BCUT2D eigenvalue weighted by atomic mass is 19.4. The molecule has 0 saturated heterocycles. The summed E-state index contributed by atoms with van der Waals surface area (Å²) < 4.78 is 61.1. The van der Waals surface area contributed by atoms with Crippen molar-refractivity contribution >= 4 is 0 Å². The van der Waals surface area contributed by atoms with E-state index in [0.717, 1.165) is 12.1 Å². The van der Waals surface area contributed by atoms with Crippen LogP contribution in [-0.4, -0.2) is 0 Å². The number of rotatable bonds is 1. The summed E-state index contributed by atoms with van der Waals surface area (Å²) in [5, 5.41) is 0. The summed E-state index contributed by atoms with van der Waals surface area (Å²) in [5.74, 6) is 0. The Morgan fingerprint density at radius 2 is 1.71 bits per heavy atom. The quantitative estimate of drug-likeness (QED) is 0.615. The Morgan fingerprint density at radius 1 is 1.14 bits per heavy atom. The van der Waals surface area contributed by atoms with Gasteiger partial charge in [0, 0.05) is 5.56 Å². The summed E-state index contributed by atoms with van der Waals surface area (Å²) in [6.45, 7) is 1.46. The lowest BCUT2D eigenvalue weighted by Crippen LogP contribution is -2.09. The molecule has 78 valence electrons. The van der Waals surface area contributed by atoms with Crippen molar-refractivity contribution in [3.05, 3.63) is 34.9 Å². The average Bonchev–Trinajstić information content (AvgIpc) is 2.01. The lowest BCUT2D eigenvalue weighted by molar-refractivity contribution is -0.139. The number of hydrogen-bond acceptors (Lipinski definition) is 0. The maximum Gasteiger partial charge on any atom is 0.416 e. The van der Waals surface area contributed by atoms with Crippen LogP contribution in [0, 0.1) is 6.92 Å². The van der Waals surface area contributed by atoms with Crippen LogP contribution in [-0.2, 0) is 6.18 Å². The highest BCUT2D eigenvalue weighted by Crippen LogP contribution is 2.36. The van der Waals surface area contributed by atoms with Crippen LogP contribution in [0.3, 0.4) is 0 Å². The summed E-state index contributed by atoms with van der Waals surface area (Å²) in [6, 6.07) is 2.69. The van der Waals surface area contributed by atoms with Crippen molar-refractivity contribution in [2.75, 3.05) is 0 Å². The SMILES string of the molecule is Cc1ccc(C(F)(F)F)c(C(F)F)c1. The van der Waals surface area contributed by atoms with Gasteiger partial charge in [-0.25, -0.2) is 8.78 Å². The molecule has 0 atom stereocenters. The van der Waals surface area contributed by atoms with Gasteiger partial charge in [-0.2, -0.15) is 13.2 Å². The summed E-state index contributed by atoms with van der Waals surface area (Å²) in [6.07, 6.45) is -7.83. The van der Waals surface area contributed by atoms with Crippen molar-refractivity contribution < 1.29 is 22.0 Å². The van der Waals surface area contributed by atoms with E-state index in [1.165, 1.54) is 6.92 Å². The molecule has 1 rings (SSSR count). The fourth-order valence-electron chi connectivity index (χ4n) is 1.12. The minimum absolute atomic E-state index is 0.383. The van der Waals surface area contributed by atoms with Crippen molar-refractivity contribution in [1.82, 2.24) is 0 Å². The molecule has 0 saturated carbocycles. The third kappa shape index (κ3) is 2.21. The first kappa shape index (κ1) is 10.9. The van der Waals surface area contributed by atoms with Gasteiger partial charge in [-0.15, -0.1) is 0 Å². The standard InChI is InChI=1S/C9H7F5/c1-5-2-3-7(9(12,13)14)6(4-5)8(10)11/h2-4,8H,1H3. The molecular formula is C9H7F5. The second kappa shape index (κ2) is 3.55. The van der Waals surface area contributed by atoms with Gasteiger partial charge in [-0.1, -0.05) is 11.6 Å². The van der Waals surface area contributed by atoms with Crippen molar-refractivity contribution in [3.63, 3.8) is 0 Å². The van der Waals surface area contributed by atoms with Crippen LogP contribution in [0.5, 0.6) is 0 Å². The van der Waals surface area contributed by atoms with Gasteiger partial charge < -0.3 is 0 Å². The van der Waals surface area contributed by atoms with E-state index in [1.54, 1.807) is 0 Å². The maximum absolute atomic E-state index is 12.2. The molecule has 0 amide bonds. The Kier molecular flexibility index (Phi) is 2.78. The Labute approximate surface area is 77.4 Å². The van der Waals surface area contributed by atoms with E-state index in [-0.39, 0.29) is 0 Å². The van der Waals surface area contributed by atoms with Gasteiger partial charge in [0.05, 0.1) is 5.56 Å². The van der Waals surface area contributed by atoms with Crippen LogP contribution in [0.4, 0.5) is 22.0 Å². The van der Waals surface area contributed by atoms with E-state index in [1.807, 2.05) is 0 Å². The van der Waals surface area contributed by atoms with Gasteiger partial charge in [0.25, 0.3) is 6.43 Å². The van der Waals surface area contributed by atoms with E-state index in [0.29, 0.717) is 11.6 Å². The molecule has 5 heteroatoms. The lowest BCUT2D eigenvalue weighted by atomic mass is 10.0. The molecule has 0 N–H and O–H groups in total. The van der Waals surface area contributed by atoms with E-state index < -0.39 is 23.7 Å². The molecule has 0 nitrogen and oxygen atoms in total. The summed E-state index contributed by atoms with van der Waals surface area (Å²) >= 11 is 0. The third-order valence-corrected chi connectivity index (χ3v) is 1.75. The van der Waals surface area contributed by atoms with Gasteiger partial charge in [0.2, 0.25) is 0 Å². The predicted octanol–water partition coefficient (Wildman–Crippen LogP) is 3.95. The molecule has 0 aliphatic rings. The van der Waals surface area contributed by atoms with Crippen LogP contribution in [0.25, 0.3) is 0 Å². The maximum atomic E-state index is 12.2. The van der Waals surface area contributed by atoms with Crippen molar-refractivity contribution in [3.8, 4) is 0 Å². The van der Waals surface area contributed by atoms with Gasteiger partial charge in [-0.05, 0) is 19.1 Å². The molecular weight excluding hydrogens is 203 g/mol. The fourth-order valence-corrected chi connectivity index (χ4v) is 1.12. The number of alkyl halides is 5. The van der Waals surface area contributed by atoms with Crippen LogP contribution in [0.15, 0.2) is 18.2 Å². The number of halogens is 5. The molecule has 0 bridgehead atoms. The number of benzene rings is 1. The first-order valence-corrected chi connectivity index (χ1v) is 3.78. The van der Waals surface area contributed by atoms with E-state index in [4.69, 9.17) is 0 Å². The molecule has 0 unspecified atom stereocenters. The molecule has 0 radical (unpaired) electrons. The zero-order chi connectivity index (χ0) is 10.9. The molecule has 0 aliphatic heterocycles. The zero-order valence-electron chi connectivity index (χ0n) is 7.20. The minimum Gasteiger partial charge on any atom is -0.205 e. The summed E-state index contributed by atoms with van der Waals surface area (Å²) in [7, 11) is 0. The normalized spacial score (nSPS) is 12.2. The minimum atomic E-state index is -4.72. The highest BCUT2D eigenvalue weighted by Gasteiger charge is 2.35. The Bertz CT molecular complexity index is 326. The number of aryl methyl sites for hydroxylation is 1. The van der Waals surface area contributed by atoms with E-state index in [2.05, 4.69) is 0 Å². The molecule has 0 spiro atoms. The zero-order valence-corrected chi connectivity index (χ0v) is 7.20. The Hall–Kier alpha value is -1.13. The molecule has 0 fully saturated rings. The highest BCUT2D eigenvalue weighted by molar-refractivity contribution is 5.34. The topological polar surface area (TPSA) is 0 Å². The fraction of sp³-hybridized carbons (Fsp3) is 0.333. The van der Waals surface area contributed by atoms with Crippen LogP contribution in [0.2, 0.25) is 0 Å². The Morgan fingerprint density at radius 3 is 2.14 bits per heavy atom. The smallest absolute Gasteiger partial charge is 0.205 e. The Balaban J connectivity index is 3.29. The summed E-state index contributed by atoms with van der Waals surface area (Å²) in [5.41, 5.74) is -1.84.